The van der Waals surface area contributed by atoms with Gasteiger partial charge >= 0.3 is 0 Å². The van der Waals surface area contributed by atoms with Gasteiger partial charge in [-0.05, 0) is 25.8 Å². The fourth-order valence-corrected chi connectivity index (χ4v) is 4.49. The number of rotatable bonds is 6. The second-order valence-corrected chi connectivity index (χ2v) is 8.13. The second-order valence-electron chi connectivity index (χ2n) is 8.13. The molecule has 1 N–H and O–H groups in total. The Morgan fingerprint density at radius 2 is 2.20 bits per heavy atom. The average molecular weight is 412 g/mol. The Kier molecular flexibility index (Phi) is 6.01. The Hall–Kier alpha value is -2.90. The van der Waals surface area contributed by atoms with Gasteiger partial charge in [0.2, 0.25) is 11.8 Å². The zero-order valence-corrected chi connectivity index (χ0v) is 17.4. The molecule has 0 radical (unpaired) electrons. The zero-order valence-electron chi connectivity index (χ0n) is 17.4. The summed E-state index contributed by atoms with van der Waals surface area (Å²) in [5.74, 6) is 1.02. The molecule has 0 unspecified atom stereocenters. The van der Waals surface area contributed by atoms with Gasteiger partial charge in [-0.1, -0.05) is 18.2 Å². The first-order valence-corrected chi connectivity index (χ1v) is 10.8. The van der Waals surface area contributed by atoms with Crippen molar-refractivity contribution in [3.05, 3.63) is 42.5 Å². The smallest absolute Gasteiger partial charge is 0.222 e. The molecule has 1 aromatic heterocycles. The van der Waals surface area contributed by atoms with Crippen molar-refractivity contribution in [3.8, 4) is 5.75 Å². The first kappa shape index (κ1) is 20.4. The molecule has 3 heterocycles. The summed E-state index contributed by atoms with van der Waals surface area (Å²) < 4.78 is 8.20. The van der Waals surface area contributed by atoms with Crippen LogP contribution in [-0.2, 0) is 16.1 Å². The molecule has 2 amide bonds. The SMILES string of the molecule is CCN1CC[C@@]2(CCC1=O)C[C@@H](NC(=O)CCCn1cncn1)c1ccccc1O2. The summed E-state index contributed by atoms with van der Waals surface area (Å²) in [4.78, 5) is 30.9. The van der Waals surface area contributed by atoms with Gasteiger partial charge in [0.15, 0.2) is 0 Å². The highest BCUT2D eigenvalue weighted by Crippen LogP contribution is 2.44. The minimum Gasteiger partial charge on any atom is -0.487 e. The van der Waals surface area contributed by atoms with Crippen LogP contribution < -0.4 is 10.1 Å². The fourth-order valence-electron chi connectivity index (χ4n) is 4.49. The van der Waals surface area contributed by atoms with E-state index in [1.165, 1.54) is 6.33 Å². The summed E-state index contributed by atoms with van der Waals surface area (Å²) >= 11 is 0. The predicted octanol–water partition coefficient (Wildman–Crippen LogP) is 2.47. The summed E-state index contributed by atoms with van der Waals surface area (Å²) in [6, 6.07) is 7.79. The molecule has 0 aliphatic carbocycles. The van der Waals surface area contributed by atoms with Crippen LogP contribution in [0.1, 0.15) is 57.1 Å². The fraction of sp³-hybridized carbons (Fsp3) is 0.545. The molecule has 4 rings (SSSR count). The number of nitrogens with zero attached hydrogens (tertiary/aromatic N) is 4. The first-order chi connectivity index (χ1) is 14.6. The van der Waals surface area contributed by atoms with Crippen LogP contribution in [0.4, 0.5) is 0 Å². The molecule has 1 spiro atoms. The van der Waals surface area contributed by atoms with E-state index < -0.39 is 5.60 Å². The van der Waals surface area contributed by atoms with E-state index in [0.29, 0.717) is 45.2 Å². The van der Waals surface area contributed by atoms with Gasteiger partial charge in [0.25, 0.3) is 0 Å². The van der Waals surface area contributed by atoms with Crippen molar-refractivity contribution in [1.82, 2.24) is 25.0 Å². The van der Waals surface area contributed by atoms with E-state index in [0.717, 1.165) is 24.3 Å². The number of aryl methyl sites for hydroxylation is 1. The van der Waals surface area contributed by atoms with Gasteiger partial charge < -0.3 is 15.0 Å². The summed E-state index contributed by atoms with van der Waals surface area (Å²) in [7, 11) is 0. The number of carbonyl (C=O) groups is 2. The topological polar surface area (TPSA) is 89.4 Å². The number of amides is 2. The number of benzene rings is 1. The molecule has 0 bridgehead atoms. The number of hydrogen-bond donors (Lipinski definition) is 1. The number of carbonyl (C=O) groups excluding carboxylic acids is 2. The quantitative estimate of drug-likeness (QED) is 0.789. The largest absolute Gasteiger partial charge is 0.487 e. The predicted molar refractivity (Wildman–Crippen MR) is 111 cm³/mol. The van der Waals surface area contributed by atoms with Gasteiger partial charge in [-0.15, -0.1) is 0 Å². The Morgan fingerprint density at radius 3 is 3.00 bits per heavy atom. The van der Waals surface area contributed by atoms with Crippen molar-refractivity contribution in [2.24, 2.45) is 0 Å². The Balaban J connectivity index is 1.45. The van der Waals surface area contributed by atoms with Crippen LogP contribution in [0.2, 0.25) is 0 Å². The van der Waals surface area contributed by atoms with E-state index in [1.54, 1.807) is 11.0 Å². The van der Waals surface area contributed by atoms with Crippen LogP contribution >= 0.6 is 0 Å². The number of para-hydroxylation sites is 1. The molecule has 2 aliphatic heterocycles. The summed E-state index contributed by atoms with van der Waals surface area (Å²) in [6.07, 6.45) is 6.89. The molecular formula is C22H29N5O3. The highest BCUT2D eigenvalue weighted by atomic mass is 16.5. The molecule has 0 saturated carbocycles. The van der Waals surface area contributed by atoms with E-state index in [4.69, 9.17) is 4.74 Å². The van der Waals surface area contributed by atoms with E-state index in [1.807, 2.05) is 36.1 Å². The lowest BCUT2D eigenvalue weighted by Gasteiger charge is -2.42. The highest BCUT2D eigenvalue weighted by molar-refractivity contribution is 5.77. The molecule has 2 aromatic rings. The van der Waals surface area contributed by atoms with Crippen molar-refractivity contribution >= 4 is 11.8 Å². The lowest BCUT2D eigenvalue weighted by Crippen LogP contribution is -2.46. The van der Waals surface area contributed by atoms with Crippen LogP contribution in [-0.4, -0.2) is 50.2 Å². The first-order valence-electron chi connectivity index (χ1n) is 10.8. The van der Waals surface area contributed by atoms with Crippen LogP contribution in [0.25, 0.3) is 0 Å². The molecule has 8 heteroatoms. The molecule has 1 fully saturated rings. The Labute approximate surface area is 176 Å². The summed E-state index contributed by atoms with van der Waals surface area (Å²) in [6.45, 7) is 4.08. The number of ether oxygens (including phenoxy) is 1. The maximum atomic E-state index is 12.7. The van der Waals surface area contributed by atoms with E-state index in [9.17, 15) is 9.59 Å². The summed E-state index contributed by atoms with van der Waals surface area (Å²) in [5, 5.41) is 7.29. The standard InChI is InChI=1S/C22H29N5O3/c1-2-26-13-11-22(10-9-21(26)29)14-18(17-6-3-4-7-19(17)30-22)25-20(28)8-5-12-27-16-23-15-24-27/h3-4,6-7,15-16,18H,2,5,8-14H2,1H3,(H,25,28)/t18-,22+/m1/s1. The Morgan fingerprint density at radius 1 is 1.33 bits per heavy atom. The molecule has 8 nitrogen and oxygen atoms in total. The third-order valence-electron chi connectivity index (χ3n) is 6.16. The van der Waals surface area contributed by atoms with Gasteiger partial charge in [-0.25, -0.2) is 4.98 Å². The van der Waals surface area contributed by atoms with Crippen LogP contribution in [0.15, 0.2) is 36.9 Å². The molecule has 160 valence electrons. The lowest BCUT2D eigenvalue weighted by atomic mass is 9.82. The number of likely N-dealkylation sites (tertiary alicyclic amines) is 1. The molecule has 2 aliphatic rings. The number of aromatic nitrogens is 3. The maximum Gasteiger partial charge on any atom is 0.222 e. The number of hydrogen-bond acceptors (Lipinski definition) is 5. The third kappa shape index (κ3) is 4.47. The monoisotopic (exact) mass is 411 g/mol. The molecule has 1 saturated heterocycles. The van der Waals surface area contributed by atoms with E-state index >= 15 is 0 Å². The summed E-state index contributed by atoms with van der Waals surface area (Å²) in [5.41, 5.74) is 0.586. The van der Waals surface area contributed by atoms with Crippen molar-refractivity contribution in [3.63, 3.8) is 0 Å². The van der Waals surface area contributed by atoms with Crippen molar-refractivity contribution < 1.29 is 14.3 Å². The third-order valence-corrected chi connectivity index (χ3v) is 6.16. The highest BCUT2D eigenvalue weighted by Gasteiger charge is 2.43. The molecular weight excluding hydrogens is 382 g/mol. The van der Waals surface area contributed by atoms with Gasteiger partial charge in [0, 0.05) is 50.9 Å². The van der Waals surface area contributed by atoms with Crippen LogP contribution in [0.3, 0.4) is 0 Å². The van der Waals surface area contributed by atoms with E-state index in [2.05, 4.69) is 15.4 Å². The molecule has 1 aromatic carbocycles. The molecule has 2 atom stereocenters. The van der Waals surface area contributed by atoms with Gasteiger partial charge in [0.05, 0.1) is 6.04 Å². The van der Waals surface area contributed by atoms with Gasteiger partial charge in [-0.3, -0.25) is 14.3 Å². The zero-order chi connectivity index (χ0) is 21.0. The second kappa shape index (κ2) is 8.85. The van der Waals surface area contributed by atoms with Gasteiger partial charge in [0.1, 0.15) is 24.0 Å². The minimum atomic E-state index is -0.424. The van der Waals surface area contributed by atoms with E-state index in [-0.39, 0.29) is 17.9 Å². The van der Waals surface area contributed by atoms with Crippen molar-refractivity contribution in [2.75, 3.05) is 13.1 Å². The Bertz CT molecular complexity index is 885. The van der Waals surface area contributed by atoms with Crippen LogP contribution in [0, 0.1) is 0 Å². The normalized spacial score (nSPS) is 23.6. The number of nitrogens with one attached hydrogen (secondary N) is 1. The van der Waals surface area contributed by atoms with Crippen molar-refractivity contribution in [2.45, 2.75) is 63.6 Å². The maximum absolute atomic E-state index is 12.7. The minimum absolute atomic E-state index is 0.0202. The lowest BCUT2D eigenvalue weighted by molar-refractivity contribution is -0.130. The van der Waals surface area contributed by atoms with Gasteiger partial charge in [-0.2, -0.15) is 5.10 Å². The van der Waals surface area contributed by atoms with Crippen LogP contribution in [0.5, 0.6) is 5.75 Å². The molecule has 30 heavy (non-hydrogen) atoms. The number of fused-ring (bicyclic) bond motifs is 1. The average Bonchev–Trinajstić information content (AvgIpc) is 3.21. The van der Waals surface area contributed by atoms with Crippen molar-refractivity contribution in [1.29, 1.82) is 0 Å².